The van der Waals surface area contributed by atoms with E-state index >= 15 is 0 Å². The van der Waals surface area contributed by atoms with Gasteiger partial charge in [-0.2, -0.15) is 0 Å². The minimum atomic E-state index is 0.552. The van der Waals surface area contributed by atoms with E-state index in [2.05, 4.69) is 27.9 Å². The largest absolute Gasteiger partial charge is 0.256 e. The lowest BCUT2D eigenvalue weighted by atomic mass is 10.0. The third kappa shape index (κ3) is 2.37. The van der Waals surface area contributed by atoms with Crippen LogP contribution in [-0.4, -0.2) is 15.0 Å². The summed E-state index contributed by atoms with van der Waals surface area (Å²) < 4.78 is 0. The molecule has 0 atom stereocenters. The van der Waals surface area contributed by atoms with Crippen molar-refractivity contribution in [3.63, 3.8) is 0 Å². The maximum atomic E-state index is 6.15. The zero-order chi connectivity index (χ0) is 13.9. The van der Waals surface area contributed by atoms with Gasteiger partial charge in [0.2, 0.25) is 0 Å². The zero-order valence-corrected chi connectivity index (χ0v) is 11.9. The third-order valence-electron chi connectivity index (χ3n) is 3.43. The quantitative estimate of drug-likeness (QED) is 0.686. The van der Waals surface area contributed by atoms with Crippen molar-refractivity contribution in [1.29, 1.82) is 0 Å². The molecule has 0 saturated carbocycles. The van der Waals surface area contributed by atoms with Crippen LogP contribution in [0.1, 0.15) is 23.7 Å². The molecule has 0 bridgehead atoms. The number of halogens is 1. The highest BCUT2D eigenvalue weighted by Crippen LogP contribution is 2.22. The average Bonchev–Trinajstić information content (AvgIpc) is 2.48. The van der Waals surface area contributed by atoms with Gasteiger partial charge in [0.15, 0.2) is 0 Å². The number of fused-ring (bicyclic) bond motifs is 1. The maximum Gasteiger partial charge on any atom is 0.135 e. The molecule has 3 aromatic rings. The van der Waals surface area contributed by atoms with Crippen LogP contribution in [0.2, 0.25) is 5.15 Å². The van der Waals surface area contributed by atoms with Gasteiger partial charge < -0.3 is 0 Å². The molecule has 0 aliphatic carbocycles. The summed E-state index contributed by atoms with van der Waals surface area (Å²) in [5.74, 6) is 0. The minimum Gasteiger partial charge on any atom is -0.256 e. The van der Waals surface area contributed by atoms with Crippen LogP contribution in [0, 0.1) is 0 Å². The van der Waals surface area contributed by atoms with Crippen LogP contribution in [0.25, 0.3) is 10.9 Å². The second-order valence-electron chi connectivity index (χ2n) is 4.61. The van der Waals surface area contributed by atoms with Crippen molar-refractivity contribution in [2.24, 2.45) is 0 Å². The molecule has 3 rings (SSSR count). The number of hydrogen-bond donors (Lipinski definition) is 0. The van der Waals surface area contributed by atoms with Gasteiger partial charge in [0.05, 0.1) is 11.2 Å². The summed E-state index contributed by atoms with van der Waals surface area (Å²) in [5.41, 5.74) is 4.22. The zero-order valence-electron chi connectivity index (χ0n) is 11.2. The fraction of sp³-hybridized carbons (Fsp3) is 0.188. The highest BCUT2D eigenvalue weighted by Gasteiger charge is 2.10. The first-order valence-corrected chi connectivity index (χ1v) is 6.98. The molecule has 3 nitrogen and oxygen atoms in total. The Kier molecular flexibility index (Phi) is 3.61. The Morgan fingerprint density at radius 3 is 2.75 bits per heavy atom. The first kappa shape index (κ1) is 13.0. The van der Waals surface area contributed by atoms with Crippen molar-refractivity contribution in [2.75, 3.05) is 0 Å². The summed E-state index contributed by atoms with van der Waals surface area (Å²) in [4.78, 5) is 12.8. The van der Waals surface area contributed by atoms with E-state index in [1.807, 2.05) is 30.5 Å². The van der Waals surface area contributed by atoms with E-state index in [0.29, 0.717) is 5.15 Å². The number of rotatable bonds is 3. The van der Waals surface area contributed by atoms with Gasteiger partial charge in [0.25, 0.3) is 0 Å². The second-order valence-corrected chi connectivity index (χ2v) is 4.97. The normalized spacial score (nSPS) is 10.9. The Morgan fingerprint density at radius 2 is 1.90 bits per heavy atom. The van der Waals surface area contributed by atoms with Gasteiger partial charge in [-0.15, -0.1) is 0 Å². The van der Waals surface area contributed by atoms with Gasteiger partial charge in [-0.1, -0.05) is 36.7 Å². The molecule has 100 valence electrons. The van der Waals surface area contributed by atoms with Crippen molar-refractivity contribution in [3.05, 3.63) is 64.8 Å². The van der Waals surface area contributed by atoms with Gasteiger partial charge in [0, 0.05) is 23.6 Å². The van der Waals surface area contributed by atoms with E-state index in [1.54, 1.807) is 0 Å². The molecule has 4 heteroatoms. The lowest BCUT2D eigenvalue weighted by Crippen LogP contribution is -2.01. The lowest BCUT2D eigenvalue weighted by Gasteiger charge is -2.09. The van der Waals surface area contributed by atoms with E-state index in [4.69, 9.17) is 11.6 Å². The van der Waals surface area contributed by atoms with E-state index in [9.17, 15) is 0 Å². The number of hydrogen-bond acceptors (Lipinski definition) is 3. The molecule has 0 spiro atoms. The fourth-order valence-corrected chi connectivity index (χ4v) is 2.70. The molecule has 1 aromatic carbocycles. The predicted molar refractivity (Wildman–Crippen MR) is 81.0 cm³/mol. The average molecular weight is 284 g/mol. The van der Waals surface area contributed by atoms with Crippen molar-refractivity contribution in [1.82, 2.24) is 15.0 Å². The van der Waals surface area contributed by atoms with E-state index in [1.165, 1.54) is 11.9 Å². The molecule has 0 aliphatic heterocycles. The van der Waals surface area contributed by atoms with Gasteiger partial charge in [-0.25, -0.2) is 9.97 Å². The molecule has 0 saturated heterocycles. The van der Waals surface area contributed by atoms with Crippen LogP contribution in [0.5, 0.6) is 0 Å². The summed E-state index contributed by atoms with van der Waals surface area (Å²) in [5, 5.41) is 1.71. The standard InChI is InChI=1S/C16H14ClN3/c1-2-12-15(19-10-20-16(12)17)9-11-7-8-18-14-6-4-3-5-13(11)14/h3-8,10H,2,9H2,1H3. The Balaban J connectivity index is 2.08. The highest BCUT2D eigenvalue weighted by molar-refractivity contribution is 6.30. The summed E-state index contributed by atoms with van der Waals surface area (Å²) in [6.07, 6.45) is 4.94. The van der Waals surface area contributed by atoms with Crippen LogP contribution in [0.4, 0.5) is 0 Å². The minimum absolute atomic E-state index is 0.552. The number of aromatic nitrogens is 3. The number of benzene rings is 1. The fourth-order valence-electron chi connectivity index (χ4n) is 2.42. The molecular formula is C16H14ClN3. The van der Waals surface area contributed by atoms with E-state index < -0.39 is 0 Å². The summed E-state index contributed by atoms with van der Waals surface area (Å²) in [6, 6.07) is 10.2. The number of nitrogens with zero attached hydrogens (tertiary/aromatic N) is 3. The molecule has 2 aromatic heterocycles. The van der Waals surface area contributed by atoms with E-state index in [0.717, 1.165) is 35.0 Å². The Bertz CT molecular complexity index is 750. The Hall–Kier alpha value is -2.00. The topological polar surface area (TPSA) is 38.7 Å². The maximum absolute atomic E-state index is 6.15. The van der Waals surface area contributed by atoms with Crippen LogP contribution in [-0.2, 0) is 12.8 Å². The van der Waals surface area contributed by atoms with Crippen LogP contribution in [0.15, 0.2) is 42.9 Å². The molecule has 2 heterocycles. The number of para-hydroxylation sites is 1. The van der Waals surface area contributed by atoms with Crippen LogP contribution < -0.4 is 0 Å². The Morgan fingerprint density at radius 1 is 1.05 bits per heavy atom. The lowest BCUT2D eigenvalue weighted by molar-refractivity contribution is 0.952. The number of pyridine rings is 1. The predicted octanol–water partition coefficient (Wildman–Crippen LogP) is 3.83. The molecule has 0 radical (unpaired) electrons. The molecule has 0 N–H and O–H groups in total. The Labute approximate surface area is 122 Å². The van der Waals surface area contributed by atoms with Crippen molar-refractivity contribution in [3.8, 4) is 0 Å². The van der Waals surface area contributed by atoms with Gasteiger partial charge in [0.1, 0.15) is 11.5 Å². The van der Waals surface area contributed by atoms with Crippen molar-refractivity contribution in [2.45, 2.75) is 19.8 Å². The first-order chi connectivity index (χ1) is 9.79. The van der Waals surface area contributed by atoms with Crippen molar-refractivity contribution < 1.29 is 0 Å². The summed E-state index contributed by atoms with van der Waals surface area (Å²) >= 11 is 6.15. The molecule has 0 amide bonds. The smallest absolute Gasteiger partial charge is 0.135 e. The molecule has 0 unspecified atom stereocenters. The van der Waals surface area contributed by atoms with Gasteiger partial charge >= 0.3 is 0 Å². The van der Waals surface area contributed by atoms with Crippen LogP contribution >= 0.6 is 11.6 Å². The van der Waals surface area contributed by atoms with Gasteiger partial charge in [-0.05, 0) is 24.1 Å². The van der Waals surface area contributed by atoms with Gasteiger partial charge in [-0.3, -0.25) is 4.98 Å². The SMILES string of the molecule is CCc1c(Cl)ncnc1Cc1ccnc2ccccc12. The molecular weight excluding hydrogens is 270 g/mol. The molecule has 0 aliphatic rings. The first-order valence-electron chi connectivity index (χ1n) is 6.60. The monoisotopic (exact) mass is 283 g/mol. The second kappa shape index (κ2) is 5.55. The van der Waals surface area contributed by atoms with Crippen LogP contribution in [0.3, 0.4) is 0 Å². The van der Waals surface area contributed by atoms with Crippen molar-refractivity contribution >= 4 is 22.5 Å². The highest BCUT2D eigenvalue weighted by atomic mass is 35.5. The molecule has 0 fully saturated rings. The third-order valence-corrected chi connectivity index (χ3v) is 3.76. The summed E-state index contributed by atoms with van der Waals surface area (Å²) in [6.45, 7) is 2.07. The van der Waals surface area contributed by atoms with E-state index in [-0.39, 0.29) is 0 Å². The summed E-state index contributed by atoms with van der Waals surface area (Å²) in [7, 11) is 0. The molecule has 20 heavy (non-hydrogen) atoms.